The summed E-state index contributed by atoms with van der Waals surface area (Å²) in [6.07, 6.45) is 24.1. The number of rotatable bonds is 11. The summed E-state index contributed by atoms with van der Waals surface area (Å²) in [5.74, 6) is 0. The standard InChI is InChI=1S/C21H32P.C5H5.2ClH.Ti/c1-3-5-7-11-15-22(16-12-8-6-4-2)21-17-19-13-9-10-14-20(19)18-21;1-2-4-5-3-1;;;/h9-10,13-14,17-18H,3-8,11-12,15-16H2,1-2H3;1-3H,4H2;2*1H;/q2*-1;;;+2/p-2. The van der Waals surface area contributed by atoms with E-state index >= 15 is 0 Å². The van der Waals surface area contributed by atoms with Gasteiger partial charge in [0.05, 0.1) is 0 Å². The Morgan fingerprint density at radius 2 is 1.60 bits per heavy atom. The van der Waals surface area contributed by atoms with Crippen LogP contribution in [0.4, 0.5) is 0 Å². The molecule has 1 aliphatic carbocycles. The molecule has 0 saturated carbocycles. The quantitative estimate of drug-likeness (QED) is 0.125. The second kappa shape index (κ2) is 19.7. The van der Waals surface area contributed by atoms with Crippen LogP contribution in [0.5, 0.6) is 0 Å². The monoisotopic (exact) mass is 498 g/mol. The van der Waals surface area contributed by atoms with Gasteiger partial charge < -0.3 is 0 Å². The predicted molar refractivity (Wildman–Crippen MR) is 137 cm³/mol. The molecule has 2 aromatic rings. The molecule has 166 valence electrons. The number of benzene rings is 1. The summed E-state index contributed by atoms with van der Waals surface area (Å²) >= 11 is -0.556. The zero-order valence-corrected chi connectivity index (χ0v) is 22.6. The molecule has 0 bridgehead atoms. The third-order valence-electron chi connectivity index (χ3n) is 5.12. The van der Waals surface area contributed by atoms with Crippen LogP contribution in [0.1, 0.15) is 71.6 Å². The SMILES string of the molecule is CCCCCCP(CCCCCC)c1cc2ccccc2[cH-]1.[C-]1=CC=CC1.[Cl][Ti][Cl]. The molecule has 1 aliphatic rings. The van der Waals surface area contributed by atoms with Crippen LogP contribution in [0.15, 0.2) is 54.6 Å². The summed E-state index contributed by atoms with van der Waals surface area (Å²) in [7, 11) is 9.84. The summed E-state index contributed by atoms with van der Waals surface area (Å²) in [5.41, 5.74) is 0. The van der Waals surface area contributed by atoms with Gasteiger partial charge in [-0.05, 0) is 25.2 Å². The van der Waals surface area contributed by atoms with Crippen molar-refractivity contribution >= 4 is 42.6 Å². The van der Waals surface area contributed by atoms with E-state index in [-0.39, 0.29) is 7.92 Å². The van der Waals surface area contributed by atoms with Gasteiger partial charge in [-0.3, -0.25) is 6.08 Å². The third kappa shape index (κ3) is 12.8. The van der Waals surface area contributed by atoms with E-state index in [1.165, 1.54) is 74.5 Å². The van der Waals surface area contributed by atoms with E-state index in [0.29, 0.717) is 0 Å². The van der Waals surface area contributed by atoms with Gasteiger partial charge in [-0.2, -0.15) is 12.1 Å². The van der Waals surface area contributed by atoms with Gasteiger partial charge in [0.1, 0.15) is 0 Å². The molecular weight excluding hydrogens is 462 g/mol. The molecule has 0 spiro atoms. The van der Waals surface area contributed by atoms with Gasteiger partial charge >= 0.3 is 35.6 Å². The van der Waals surface area contributed by atoms with Gasteiger partial charge in [0, 0.05) is 0 Å². The molecular formula is C26H37Cl2PTi-2. The van der Waals surface area contributed by atoms with Crippen molar-refractivity contribution < 1.29 is 17.0 Å². The van der Waals surface area contributed by atoms with Crippen molar-refractivity contribution in [2.75, 3.05) is 12.3 Å². The fraction of sp³-hybridized carbons (Fsp3) is 0.500. The summed E-state index contributed by atoms with van der Waals surface area (Å²) in [6.45, 7) is 4.61. The number of halogens is 2. The Morgan fingerprint density at radius 3 is 2.07 bits per heavy atom. The molecule has 3 rings (SSSR count). The van der Waals surface area contributed by atoms with E-state index in [1.807, 2.05) is 12.2 Å². The number of unbranched alkanes of at least 4 members (excludes halogenated alkanes) is 6. The van der Waals surface area contributed by atoms with Crippen molar-refractivity contribution in [2.24, 2.45) is 0 Å². The van der Waals surface area contributed by atoms with E-state index < -0.39 is 17.0 Å². The minimum atomic E-state index is -0.556. The van der Waals surface area contributed by atoms with Crippen LogP contribution in [0.2, 0.25) is 0 Å². The molecule has 30 heavy (non-hydrogen) atoms. The maximum absolute atomic E-state index is 4.89. The van der Waals surface area contributed by atoms with E-state index in [2.05, 4.69) is 62.4 Å². The van der Waals surface area contributed by atoms with Crippen LogP contribution in [-0.2, 0) is 17.0 Å². The van der Waals surface area contributed by atoms with E-state index in [9.17, 15) is 0 Å². The molecule has 0 amide bonds. The van der Waals surface area contributed by atoms with Crippen LogP contribution in [0.3, 0.4) is 0 Å². The van der Waals surface area contributed by atoms with E-state index in [4.69, 9.17) is 18.6 Å². The van der Waals surface area contributed by atoms with Crippen molar-refractivity contribution in [1.82, 2.24) is 0 Å². The Labute approximate surface area is 203 Å². The predicted octanol–water partition coefficient (Wildman–Crippen LogP) is 9.51. The van der Waals surface area contributed by atoms with Gasteiger partial charge in [-0.15, -0.1) is 46.8 Å². The third-order valence-corrected chi connectivity index (χ3v) is 7.82. The Hall–Kier alpha value is 0.0343. The molecule has 0 aromatic heterocycles. The summed E-state index contributed by atoms with van der Waals surface area (Å²) in [4.78, 5) is 0. The zero-order chi connectivity index (χ0) is 21.9. The average Bonchev–Trinajstić information content (AvgIpc) is 3.46. The van der Waals surface area contributed by atoms with Crippen molar-refractivity contribution in [2.45, 2.75) is 71.6 Å². The molecule has 0 saturated heterocycles. The topological polar surface area (TPSA) is 0 Å². The van der Waals surface area contributed by atoms with E-state index in [0.717, 1.165) is 6.42 Å². The van der Waals surface area contributed by atoms with Crippen LogP contribution in [0, 0.1) is 6.08 Å². The zero-order valence-electron chi connectivity index (χ0n) is 18.7. The summed E-state index contributed by atoms with van der Waals surface area (Å²) < 4.78 is 0. The molecule has 0 N–H and O–H groups in total. The molecule has 0 fully saturated rings. The maximum atomic E-state index is 4.89. The average molecular weight is 499 g/mol. The van der Waals surface area contributed by atoms with E-state index in [1.54, 1.807) is 5.30 Å². The first-order chi connectivity index (χ1) is 14.8. The van der Waals surface area contributed by atoms with Gasteiger partial charge in [-0.25, -0.2) is 12.2 Å². The number of hydrogen-bond acceptors (Lipinski definition) is 0. The van der Waals surface area contributed by atoms with Gasteiger partial charge in [0.25, 0.3) is 0 Å². The van der Waals surface area contributed by atoms with Crippen LogP contribution in [0.25, 0.3) is 10.8 Å². The number of hydrogen-bond donors (Lipinski definition) is 0. The molecule has 0 aliphatic heterocycles. The first-order valence-electron chi connectivity index (χ1n) is 11.3. The molecule has 4 heteroatoms. The Morgan fingerprint density at radius 1 is 0.967 bits per heavy atom. The Kier molecular flexibility index (Phi) is 18.4. The van der Waals surface area contributed by atoms with Gasteiger partial charge in [0.2, 0.25) is 0 Å². The second-order valence-corrected chi connectivity index (χ2v) is 12.6. The fourth-order valence-electron chi connectivity index (χ4n) is 3.49. The molecule has 0 atom stereocenters. The normalized spacial score (nSPS) is 11.9. The van der Waals surface area contributed by atoms with Gasteiger partial charge in [0.15, 0.2) is 0 Å². The Balaban J connectivity index is 0.000000472. The van der Waals surface area contributed by atoms with Crippen LogP contribution in [-0.4, -0.2) is 12.3 Å². The molecule has 0 nitrogen and oxygen atoms in total. The Bertz CT molecular complexity index is 653. The summed E-state index contributed by atoms with van der Waals surface area (Å²) in [6, 6.07) is 13.8. The van der Waals surface area contributed by atoms with Crippen molar-refractivity contribution in [1.29, 1.82) is 0 Å². The first kappa shape index (κ1) is 28.1. The number of allylic oxidation sites excluding steroid dienone is 4. The first-order valence-corrected chi connectivity index (χ1v) is 17.4. The van der Waals surface area contributed by atoms with Crippen molar-refractivity contribution in [3.8, 4) is 0 Å². The molecule has 0 radical (unpaired) electrons. The van der Waals surface area contributed by atoms with Crippen LogP contribution >= 0.6 is 26.5 Å². The molecule has 0 heterocycles. The number of fused-ring (bicyclic) bond motifs is 1. The van der Waals surface area contributed by atoms with Gasteiger partial charge in [-0.1, -0.05) is 66.4 Å². The minimum absolute atomic E-state index is 0.0642. The van der Waals surface area contributed by atoms with Crippen molar-refractivity contribution in [3.05, 3.63) is 60.7 Å². The van der Waals surface area contributed by atoms with Crippen LogP contribution < -0.4 is 5.30 Å². The molecule has 0 unspecified atom stereocenters. The fourth-order valence-corrected chi connectivity index (χ4v) is 6.08. The second-order valence-electron chi connectivity index (χ2n) is 7.53. The van der Waals surface area contributed by atoms with Crippen molar-refractivity contribution in [3.63, 3.8) is 0 Å². The molecule has 2 aromatic carbocycles. The summed E-state index contributed by atoms with van der Waals surface area (Å²) in [5, 5.41) is 4.53.